The summed E-state index contributed by atoms with van der Waals surface area (Å²) in [5.74, 6) is 1.48. The van der Waals surface area contributed by atoms with Crippen molar-refractivity contribution in [1.82, 2.24) is 4.75 Å². The SMILES string of the molecule is CCOC(=O)c1cc(-c2ccco2)np1C[Si](C)(C)C. The number of esters is 1. The van der Waals surface area contributed by atoms with Crippen LogP contribution in [0.1, 0.15) is 17.0 Å². The molecule has 2 heterocycles. The molecule has 0 aliphatic rings. The van der Waals surface area contributed by atoms with Crippen molar-refractivity contribution in [1.29, 1.82) is 0 Å². The van der Waals surface area contributed by atoms with Crippen LogP contribution in [0.4, 0.5) is 0 Å². The Morgan fingerprint density at radius 1 is 1.45 bits per heavy atom. The first-order valence-corrected chi connectivity index (χ1v) is 11.9. The van der Waals surface area contributed by atoms with Gasteiger partial charge in [0.2, 0.25) is 0 Å². The summed E-state index contributed by atoms with van der Waals surface area (Å²) in [6.45, 7) is 9.08. The summed E-state index contributed by atoms with van der Waals surface area (Å²) in [4.78, 5) is 12.1. The lowest BCUT2D eigenvalue weighted by Crippen LogP contribution is -2.21. The highest BCUT2D eigenvalue weighted by Gasteiger charge is 2.24. The van der Waals surface area contributed by atoms with Crippen molar-refractivity contribution >= 4 is 21.7 Å². The second-order valence-electron chi connectivity index (χ2n) is 5.83. The highest BCUT2D eigenvalue weighted by Crippen LogP contribution is 2.39. The van der Waals surface area contributed by atoms with E-state index in [0.29, 0.717) is 12.4 Å². The van der Waals surface area contributed by atoms with E-state index >= 15 is 0 Å². The molecule has 1 atom stereocenters. The fraction of sp³-hybridized carbons (Fsp3) is 0.429. The van der Waals surface area contributed by atoms with Gasteiger partial charge >= 0.3 is 5.97 Å². The molecule has 20 heavy (non-hydrogen) atoms. The summed E-state index contributed by atoms with van der Waals surface area (Å²) in [6.07, 6.45) is 1.62. The maximum Gasteiger partial charge on any atom is 0.343 e. The zero-order valence-corrected chi connectivity index (χ0v) is 14.2. The van der Waals surface area contributed by atoms with E-state index in [9.17, 15) is 4.79 Å². The highest BCUT2D eigenvalue weighted by atomic mass is 31.1. The molecule has 0 aliphatic carbocycles. The van der Waals surface area contributed by atoms with Crippen LogP contribution < -0.4 is 0 Å². The first-order valence-electron chi connectivity index (χ1n) is 6.69. The van der Waals surface area contributed by atoms with Gasteiger partial charge in [0.15, 0.2) is 5.76 Å². The van der Waals surface area contributed by atoms with Crippen LogP contribution in [0.2, 0.25) is 19.6 Å². The Morgan fingerprint density at radius 3 is 2.75 bits per heavy atom. The van der Waals surface area contributed by atoms with Crippen molar-refractivity contribution in [2.75, 3.05) is 6.61 Å². The Labute approximate surface area is 121 Å². The number of nitrogens with zero attached hydrogens (tertiary/aromatic N) is 1. The molecule has 0 aliphatic heterocycles. The van der Waals surface area contributed by atoms with Crippen LogP contribution in [0, 0.1) is 0 Å². The summed E-state index contributed by atoms with van der Waals surface area (Å²) in [7, 11) is -2.12. The van der Waals surface area contributed by atoms with Gasteiger partial charge in [0.25, 0.3) is 0 Å². The van der Waals surface area contributed by atoms with E-state index in [-0.39, 0.29) is 5.97 Å². The monoisotopic (exact) mass is 309 g/mol. The molecule has 0 bridgehead atoms. The normalized spacial score (nSPS) is 12.5. The third-order valence-electron chi connectivity index (χ3n) is 2.66. The lowest BCUT2D eigenvalue weighted by Gasteiger charge is -2.15. The van der Waals surface area contributed by atoms with Crippen molar-refractivity contribution in [3.8, 4) is 11.5 Å². The van der Waals surface area contributed by atoms with Crippen LogP contribution in [-0.2, 0) is 10.5 Å². The Bertz CT molecular complexity index is 584. The minimum absolute atomic E-state index is 0.234. The second kappa shape index (κ2) is 5.98. The Morgan fingerprint density at radius 2 is 2.20 bits per heavy atom. The minimum Gasteiger partial charge on any atom is -0.463 e. The van der Waals surface area contributed by atoms with Crippen molar-refractivity contribution in [2.45, 2.75) is 32.3 Å². The van der Waals surface area contributed by atoms with Crippen LogP contribution in [0.15, 0.2) is 28.9 Å². The van der Waals surface area contributed by atoms with Gasteiger partial charge in [-0.1, -0.05) is 19.6 Å². The van der Waals surface area contributed by atoms with E-state index < -0.39 is 15.8 Å². The lowest BCUT2D eigenvalue weighted by atomic mass is 10.3. The van der Waals surface area contributed by atoms with Gasteiger partial charge in [0.05, 0.1) is 26.2 Å². The van der Waals surface area contributed by atoms with Crippen molar-refractivity contribution in [2.24, 2.45) is 0 Å². The number of aromatic nitrogens is 1. The summed E-state index contributed by atoms with van der Waals surface area (Å²) in [5, 5.41) is 0.718. The number of hydrogen-bond acceptors (Lipinski definition) is 4. The molecule has 0 amide bonds. The molecule has 4 nitrogen and oxygen atoms in total. The van der Waals surface area contributed by atoms with E-state index in [1.54, 1.807) is 6.26 Å². The highest BCUT2D eigenvalue weighted by molar-refractivity contribution is 7.50. The summed E-state index contributed by atoms with van der Waals surface area (Å²) in [6, 6.07) is 5.53. The van der Waals surface area contributed by atoms with E-state index in [0.717, 1.165) is 16.8 Å². The molecule has 1 unspecified atom stereocenters. The van der Waals surface area contributed by atoms with Crippen LogP contribution in [0.25, 0.3) is 11.5 Å². The number of ether oxygens (including phenoxy) is 1. The van der Waals surface area contributed by atoms with Crippen molar-refractivity contribution < 1.29 is 13.9 Å². The molecule has 108 valence electrons. The molecule has 0 fully saturated rings. The van der Waals surface area contributed by atoms with E-state index in [4.69, 9.17) is 13.9 Å². The van der Waals surface area contributed by atoms with Gasteiger partial charge in [0, 0.05) is 0 Å². The Hall–Kier alpha value is -1.32. The zero-order chi connectivity index (χ0) is 14.8. The molecular formula is C14H20NO3PSi. The molecule has 0 aromatic carbocycles. The predicted molar refractivity (Wildman–Crippen MR) is 83.9 cm³/mol. The average Bonchev–Trinajstić information content (AvgIpc) is 2.95. The zero-order valence-electron chi connectivity index (χ0n) is 12.3. The summed E-state index contributed by atoms with van der Waals surface area (Å²) in [5.41, 5.74) is 0.766. The maximum atomic E-state index is 12.1. The molecule has 0 radical (unpaired) electrons. The fourth-order valence-corrected chi connectivity index (χ4v) is 7.53. The molecule has 2 aromatic heterocycles. The van der Waals surface area contributed by atoms with Crippen LogP contribution in [0.5, 0.6) is 0 Å². The third-order valence-corrected chi connectivity index (χ3v) is 8.98. The number of hydrogen-bond donors (Lipinski definition) is 0. The van der Waals surface area contributed by atoms with Gasteiger partial charge < -0.3 is 9.15 Å². The largest absolute Gasteiger partial charge is 0.463 e. The number of carbonyl (C=O) groups excluding carboxylic acids is 1. The molecule has 6 heteroatoms. The van der Waals surface area contributed by atoms with Crippen LogP contribution >= 0.6 is 7.69 Å². The van der Waals surface area contributed by atoms with Crippen LogP contribution in [-0.4, -0.2) is 25.4 Å². The van der Waals surface area contributed by atoms with Gasteiger partial charge in [-0.05, 0) is 38.6 Å². The molecule has 0 saturated carbocycles. The van der Waals surface area contributed by atoms with Crippen molar-refractivity contribution in [3.63, 3.8) is 0 Å². The van der Waals surface area contributed by atoms with Crippen molar-refractivity contribution in [3.05, 3.63) is 29.8 Å². The number of furan rings is 1. The average molecular weight is 309 g/mol. The van der Waals surface area contributed by atoms with Gasteiger partial charge in [-0.3, -0.25) is 0 Å². The minimum atomic E-state index is -1.30. The molecular weight excluding hydrogens is 289 g/mol. The lowest BCUT2D eigenvalue weighted by molar-refractivity contribution is 0.0532. The summed E-state index contributed by atoms with van der Waals surface area (Å²) >= 11 is 0. The third kappa shape index (κ3) is 3.61. The fourth-order valence-electron chi connectivity index (χ4n) is 1.90. The quantitative estimate of drug-likeness (QED) is 0.607. The molecule has 2 aromatic rings. The second-order valence-corrected chi connectivity index (χ2v) is 13.7. The van der Waals surface area contributed by atoms with Gasteiger partial charge in [-0.2, -0.15) is 0 Å². The Balaban J connectivity index is 2.39. The first kappa shape index (κ1) is 15.1. The predicted octanol–water partition coefficient (Wildman–Crippen LogP) is 4.38. The van der Waals surface area contributed by atoms with E-state index in [2.05, 4.69) is 19.6 Å². The number of rotatable bonds is 5. The molecule has 0 saturated heterocycles. The summed E-state index contributed by atoms with van der Waals surface area (Å²) < 4.78 is 15.3. The van der Waals surface area contributed by atoms with Gasteiger partial charge in [-0.15, -0.1) is 0 Å². The molecule has 0 spiro atoms. The topological polar surface area (TPSA) is 52.3 Å². The van der Waals surface area contributed by atoms with E-state index in [1.165, 1.54) is 0 Å². The number of carbonyl (C=O) groups is 1. The van der Waals surface area contributed by atoms with Gasteiger partial charge in [0.1, 0.15) is 5.69 Å². The molecule has 2 rings (SSSR count). The van der Waals surface area contributed by atoms with Gasteiger partial charge in [-0.25, -0.2) is 9.54 Å². The van der Waals surface area contributed by atoms with E-state index in [1.807, 2.05) is 25.1 Å². The smallest absolute Gasteiger partial charge is 0.343 e. The van der Waals surface area contributed by atoms with Crippen LogP contribution in [0.3, 0.4) is 0 Å². The first-order chi connectivity index (χ1) is 9.40. The maximum absolute atomic E-state index is 12.1. The Kier molecular flexibility index (Phi) is 4.51. The standard InChI is InChI=1S/C14H20NO3PSi/c1-5-17-14(16)13-9-11(12-7-6-8-18-12)15-19(13)10-20(2,3)4/h6-9H,5,10H2,1-4H3. The molecule has 0 N–H and O–H groups in total.